The maximum absolute atomic E-state index is 5.82. The third-order valence-corrected chi connectivity index (χ3v) is 3.75. The first kappa shape index (κ1) is 17.8. The van der Waals surface area contributed by atoms with Gasteiger partial charge in [0.15, 0.2) is 5.96 Å². The molecular weight excluding hydrogens is 401 g/mol. The molecule has 1 saturated carbocycles. The highest BCUT2D eigenvalue weighted by molar-refractivity contribution is 14.0. The topological polar surface area (TPSA) is 45.7 Å². The molecule has 0 aliphatic heterocycles. The summed E-state index contributed by atoms with van der Waals surface area (Å²) in [6.45, 7) is 1.56. The molecule has 124 valence electrons. The van der Waals surface area contributed by atoms with Crippen LogP contribution in [0, 0.1) is 0 Å². The minimum absolute atomic E-state index is 0. The van der Waals surface area contributed by atoms with Gasteiger partial charge in [-0.2, -0.15) is 0 Å². The molecule has 1 fully saturated rings. The number of guanidine groups is 1. The van der Waals surface area contributed by atoms with Crippen LogP contribution in [-0.4, -0.2) is 32.2 Å². The Bertz CT molecular complexity index is 656. The van der Waals surface area contributed by atoms with Crippen molar-refractivity contribution >= 4 is 40.7 Å². The Morgan fingerprint density at radius 3 is 2.70 bits per heavy atom. The van der Waals surface area contributed by atoms with Crippen LogP contribution in [0.15, 0.2) is 47.5 Å². The standard InChI is InChI=1S/C18H23N3O.HI/c1-19-18(21-16-8-9-16)20-11-4-12-22-17-10-7-14-5-2-3-6-15(14)13-17;/h2-3,5-7,10,13,16H,4,8-9,11-12H2,1H3,(H2,19,20,21);1H. The molecular formula is C18H24IN3O. The molecule has 0 unspecified atom stereocenters. The molecule has 0 saturated heterocycles. The minimum Gasteiger partial charge on any atom is -0.494 e. The van der Waals surface area contributed by atoms with Crippen molar-refractivity contribution in [3.8, 4) is 5.75 Å². The smallest absolute Gasteiger partial charge is 0.191 e. The van der Waals surface area contributed by atoms with Gasteiger partial charge < -0.3 is 15.4 Å². The normalized spacial score (nSPS) is 14.2. The molecule has 0 amide bonds. The highest BCUT2D eigenvalue weighted by atomic mass is 127. The minimum atomic E-state index is 0. The summed E-state index contributed by atoms with van der Waals surface area (Å²) in [6, 6.07) is 15.2. The molecule has 1 aliphatic rings. The van der Waals surface area contributed by atoms with Crippen molar-refractivity contribution in [2.45, 2.75) is 25.3 Å². The summed E-state index contributed by atoms with van der Waals surface area (Å²) >= 11 is 0. The molecule has 0 spiro atoms. The Kier molecular flexibility index (Phi) is 6.95. The van der Waals surface area contributed by atoms with Crippen LogP contribution in [0.3, 0.4) is 0 Å². The number of benzene rings is 2. The zero-order chi connectivity index (χ0) is 15.2. The van der Waals surface area contributed by atoms with E-state index in [1.165, 1.54) is 23.6 Å². The third-order valence-electron chi connectivity index (χ3n) is 3.75. The average Bonchev–Trinajstić information content (AvgIpc) is 3.37. The summed E-state index contributed by atoms with van der Waals surface area (Å²) in [5.41, 5.74) is 0. The predicted molar refractivity (Wildman–Crippen MR) is 107 cm³/mol. The molecule has 3 rings (SSSR count). The Balaban J connectivity index is 0.00000192. The van der Waals surface area contributed by atoms with Crippen LogP contribution >= 0.6 is 24.0 Å². The van der Waals surface area contributed by atoms with E-state index in [2.05, 4.69) is 52.0 Å². The zero-order valence-electron chi connectivity index (χ0n) is 13.4. The van der Waals surface area contributed by atoms with E-state index in [0.717, 1.165) is 24.7 Å². The van der Waals surface area contributed by atoms with Gasteiger partial charge in [0.1, 0.15) is 5.75 Å². The fraction of sp³-hybridized carbons (Fsp3) is 0.389. The maximum atomic E-state index is 5.82. The zero-order valence-corrected chi connectivity index (χ0v) is 15.7. The lowest BCUT2D eigenvalue weighted by Crippen LogP contribution is -2.39. The first-order valence-corrected chi connectivity index (χ1v) is 7.94. The third kappa shape index (κ3) is 5.57. The summed E-state index contributed by atoms with van der Waals surface area (Å²) in [4.78, 5) is 4.21. The molecule has 23 heavy (non-hydrogen) atoms. The Morgan fingerprint density at radius 1 is 1.17 bits per heavy atom. The highest BCUT2D eigenvalue weighted by Gasteiger charge is 2.21. The van der Waals surface area contributed by atoms with Crippen molar-refractivity contribution in [1.29, 1.82) is 0 Å². The fourth-order valence-corrected chi connectivity index (χ4v) is 2.34. The van der Waals surface area contributed by atoms with Gasteiger partial charge in [0.05, 0.1) is 6.61 Å². The average molecular weight is 425 g/mol. The van der Waals surface area contributed by atoms with E-state index >= 15 is 0 Å². The van der Waals surface area contributed by atoms with E-state index in [4.69, 9.17) is 4.74 Å². The lowest BCUT2D eigenvalue weighted by atomic mass is 10.1. The number of aliphatic imine (C=N–C) groups is 1. The summed E-state index contributed by atoms with van der Waals surface area (Å²) in [7, 11) is 1.81. The number of hydrogen-bond donors (Lipinski definition) is 2. The van der Waals surface area contributed by atoms with E-state index in [0.29, 0.717) is 12.6 Å². The quantitative estimate of drug-likeness (QED) is 0.322. The van der Waals surface area contributed by atoms with E-state index in [1.807, 2.05) is 13.1 Å². The first-order valence-electron chi connectivity index (χ1n) is 7.94. The molecule has 1 aliphatic carbocycles. The van der Waals surface area contributed by atoms with E-state index < -0.39 is 0 Å². The largest absolute Gasteiger partial charge is 0.494 e. The summed E-state index contributed by atoms with van der Waals surface area (Å²) in [5.74, 6) is 1.83. The van der Waals surface area contributed by atoms with Gasteiger partial charge >= 0.3 is 0 Å². The van der Waals surface area contributed by atoms with Crippen LogP contribution < -0.4 is 15.4 Å². The molecule has 2 N–H and O–H groups in total. The van der Waals surface area contributed by atoms with Gasteiger partial charge in [0.25, 0.3) is 0 Å². The number of rotatable bonds is 6. The van der Waals surface area contributed by atoms with E-state index in [-0.39, 0.29) is 24.0 Å². The monoisotopic (exact) mass is 425 g/mol. The van der Waals surface area contributed by atoms with Crippen LogP contribution in [0.1, 0.15) is 19.3 Å². The van der Waals surface area contributed by atoms with Crippen LogP contribution in [0.25, 0.3) is 10.8 Å². The van der Waals surface area contributed by atoms with Gasteiger partial charge in [-0.1, -0.05) is 30.3 Å². The molecule has 2 aromatic rings. The lowest BCUT2D eigenvalue weighted by molar-refractivity contribution is 0.311. The van der Waals surface area contributed by atoms with Gasteiger partial charge in [-0.25, -0.2) is 0 Å². The number of nitrogens with zero attached hydrogens (tertiary/aromatic N) is 1. The summed E-state index contributed by atoms with van der Waals surface area (Å²) in [5, 5.41) is 9.14. The Labute approximate surface area is 154 Å². The van der Waals surface area contributed by atoms with Crippen molar-refractivity contribution in [1.82, 2.24) is 10.6 Å². The van der Waals surface area contributed by atoms with Crippen LogP contribution in [-0.2, 0) is 0 Å². The van der Waals surface area contributed by atoms with Crippen molar-refractivity contribution in [3.05, 3.63) is 42.5 Å². The second-order valence-electron chi connectivity index (χ2n) is 5.63. The van der Waals surface area contributed by atoms with E-state index in [1.54, 1.807) is 0 Å². The second-order valence-corrected chi connectivity index (χ2v) is 5.63. The van der Waals surface area contributed by atoms with Crippen LogP contribution in [0.2, 0.25) is 0 Å². The lowest BCUT2D eigenvalue weighted by Gasteiger charge is -2.11. The van der Waals surface area contributed by atoms with Crippen molar-refractivity contribution in [2.75, 3.05) is 20.2 Å². The van der Waals surface area contributed by atoms with E-state index in [9.17, 15) is 0 Å². The molecule has 4 nitrogen and oxygen atoms in total. The van der Waals surface area contributed by atoms with Crippen molar-refractivity contribution in [3.63, 3.8) is 0 Å². The summed E-state index contributed by atoms with van der Waals surface area (Å²) in [6.07, 6.45) is 3.45. The number of halogens is 1. The number of fused-ring (bicyclic) bond motifs is 1. The van der Waals surface area contributed by atoms with Crippen LogP contribution in [0.5, 0.6) is 5.75 Å². The van der Waals surface area contributed by atoms with Crippen LogP contribution in [0.4, 0.5) is 0 Å². The summed E-state index contributed by atoms with van der Waals surface area (Å²) < 4.78 is 5.82. The van der Waals surface area contributed by atoms with Crippen molar-refractivity contribution < 1.29 is 4.74 Å². The molecule has 0 aromatic heterocycles. The van der Waals surface area contributed by atoms with Gasteiger partial charge in [0.2, 0.25) is 0 Å². The molecule has 5 heteroatoms. The highest BCUT2D eigenvalue weighted by Crippen LogP contribution is 2.20. The van der Waals surface area contributed by atoms with Gasteiger partial charge in [0, 0.05) is 19.6 Å². The Hall–Kier alpha value is -1.50. The SMILES string of the molecule is CN=C(NCCCOc1ccc2ccccc2c1)NC1CC1.I. The molecule has 0 atom stereocenters. The number of nitrogens with one attached hydrogen (secondary N) is 2. The van der Waals surface area contributed by atoms with Gasteiger partial charge in [-0.15, -0.1) is 24.0 Å². The molecule has 0 radical (unpaired) electrons. The first-order chi connectivity index (χ1) is 10.8. The fourth-order valence-electron chi connectivity index (χ4n) is 2.34. The van der Waals surface area contributed by atoms with Gasteiger partial charge in [-0.3, -0.25) is 4.99 Å². The molecule has 0 bridgehead atoms. The van der Waals surface area contributed by atoms with Gasteiger partial charge in [-0.05, 0) is 42.2 Å². The maximum Gasteiger partial charge on any atom is 0.191 e. The second kappa shape index (κ2) is 8.96. The molecule has 0 heterocycles. The number of ether oxygens (including phenoxy) is 1. The van der Waals surface area contributed by atoms with Crippen molar-refractivity contribution in [2.24, 2.45) is 4.99 Å². The Morgan fingerprint density at radius 2 is 1.96 bits per heavy atom. The molecule has 2 aromatic carbocycles. The number of hydrogen-bond acceptors (Lipinski definition) is 2. The predicted octanol–water partition coefficient (Wildman–Crippen LogP) is 3.55.